The lowest BCUT2D eigenvalue weighted by Crippen LogP contribution is -2.13. The Morgan fingerprint density at radius 1 is 1.44 bits per heavy atom. The highest BCUT2D eigenvalue weighted by atomic mass is 32.1. The fraction of sp³-hybridized carbons (Fsp3) is 0.167. The molecule has 2 aromatic heterocycles. The molecule has 3 heterocycles. The lowest BCUT2D eigenvalue weighted by Gasteiger charge is -2.19. The van der Waals surface area contributed by atoms with Crippen LogP contribution in [0.3, 0.4) is 0 Å². The molecule has 0 saturated carbocycles. The van der Waals surface area contributed by atoms with Crippen LogP contribution in [-0.2, 0) is 0 Å². The predicted octanol–water partition coefficient (Wildman–Crippen LogP) is 3.03. The number of thiazole rings is 1. The third kappa shape index (κ3) is 1.61. The van der Waals surface area contributed by atoms with Crippen LogP contribution in [0.2, 0.25) is 0 Å². The molecule has 3 nitrogen and oxygen atoms in total. The molecule has 16 heavy (non-hydrogen) atoms. The van der Waals surface area contributed by atoms with Gasteiger partial charge in [0.05, 0.1) is 16.7 Å². The third-order valence-corrected chi connectivity index (χ3v) is 3.35. The number of hydrogen-bond acceptors (Lipinski definition) is 4. The maximum absolute atomic E-state index is 4.48. The first-order chi connectivity index (χ1) is 7.83. The van der Waals surface area contributed by atoms with Crippen molar-refractivity contribution in [1.29, 1.82) is 0 Å². The van der Waals surface area contributed by atoms with E-state index in [2.05, 4.69) is 32.8 Å². The summed E-state index contributed by atoms with van der Waals surface area (Å²) in [5.74, 6) is 0.931. The molecule has 1 unspecified atom stereocenters. The molecule has 0 amide bonds. The Morgan fingerprint density at radius 3 is 3.19 bits per heavy atom. The number of aryl methyl sites for hydroxylation is 1. The molecule has 4 heteroatoms. The van der Waals surface area contributed by atoms with Crippen LogP contribution >= 0.6 is 11.3 Å². The molecule has 0 aromatic carbocycles. The van der Waals surface area contributed by atoms with E-state index in [0.717, 1.165) is 22.1 Å². The average molecular weight is 229 g/mol. The molecule has 0 bridgehead atoms. The fourth-order valence-electron chi connectivity index (χ4n) is 1.76. The number of nitrogens with one attached hydrogen (secondary N) is 1. The van der Waals surface area contributed by atoms with Gasteiger partial charge in [-0.25, -0.2) is 9.97 Å². The summed E-state index contributed by atoms with van der Waals surface area (Å²) < 4.78 is 0. The van der Waals surface area contributed by atoms with Crippen LogP contribution in [0.15, 0.2) is 29.8 Å². The van der Waals surface area contributed by atoms with Crippen LogP contribution in [0, 0.1) is 6.92 Å². The average Bonchev–Trinajstić information content (AvgIpc) is 2.75. The summed E-state index contributed by atoms with van der Waals surface area (Å²) in [6.45, 7) is 2.02. The van der Waals surface area contributed by atoms with E-state index in [0.29, 0.717) is 0 Å². The first-order valence-corrected chi connectivity index (χ1v) is 6.03. The van der Waals surface area contributed by atoms with Crippen molar-refractivity contribution in [3.8, 4) is 0 Å². The zero-order valence-electron chi connectivity index (χ0n) is 8.84. The van der Waals surface area contributed by atoms with Crippen molar-refractivity contribution in [3.05, 3.63) is 46.1 Å². The largest absolute Gasteiger partial charge is 0.358 e. The Hall–Kier alpha value is -1.68. The number of rotatable bonds is 1. The molecule has 0 saturated heterocycles. The predicted molar refractivity (Wildman–Crippen MR) is 66.5 cm³/mol. The molecular formula is C12H11N3S. The number of fused-ring (bicyclic) bond motifs is 1. The van der Waals surface area contributed by atoms with Crippen molar-refractivity contribution < 1.29 is 0 Å². The lowest BCUT2D eigenvalue weighted by atomic mass is 10.1. The zero-order chi connectivity index (χ0) is 11.0. The number of aromatic nitrogens is 2. The third-order valence-electron chi connectivity index (χ3n) is 2.55. The number of hydrogen-bond donors (Lipinski definition) is 1. The second-order valence-electron chi connectivity index (χ2n) is 3.71. The Balaban J connectivity index is 1.94. The first kappa shape index (κ1) is 9.54. The Morgan fingerprint density at radius 2 is 2.38 bits per heavy atom. The molecule has 0 radical (unpaired) electrons. The molecule has 2 aromatic rings. The maximum Gasteiger partial charge on any atom is 0.133 e. The summed E-state index contributed by atoms with van der Waals surface area (Å²) in [6.07, 6.45) is 6.02. The summed E-state index contributed by atoms with van der Waals surface area (Å²) in [7, 11) is 0. The summed E-state index contributed by atoms with van der Waals surface area (Å²) in [6, 6.07) is 4.14. The molecule has 0 spiro atoms. The van der Waals surface area contributed by atoms with Gasteiger partial charge in [0.25, 0.3) is 0 Å². The van der Waals surface area contributed by atoms with E-state index in [1.165, 1.54) is 0 Å². The van der Waals surface area contributed by atoms with Gasteiger partial charge in [0.1, 0.15) is 5.82 Å². The molecule has 1 aliphatic rings. The molecule has 1 N–H and O–H groups in total. The summed E-state index contributed by atoms with van der Waals surface area (Å²) in [4.78, 5) is 8.80. The molecule has 1 aliphatic heterocycles. The van der Waals surface area contributed by atoms with Crippen molar-refractivity contribution in [2.75, 3.05) is 5.32 Å². The van der Waals surface area contributed by atoms with E-state index in [-0.39, 0.29) is 6.04 Å². The monoisotopic (exact) mass is 229 g/mol. The Labute approximate surface area is 97.9 Å². The van der Waals surface area contributed by atoms with E-state index < -0.39 is 0 Å². The van der Waals surface area contributed by atoms with Gasteiger partial charge in [-0.3, -0.25) is 0 Å². The molecule has 1 atom stereocenters. The standard InChI is InChI=1S/C12H11N3S/c1-8-14-11(7-16-8)10-5-4-9-3-2-6-13-12(9)15-10/h2-7,10H,1H3,(H,13,15). The van der Waals surface area contributed by atoms with E-state index in [1.54, 1.807) is 17.5 Å². The SMILES string of the molecule is Cc1nc(C2C=Cc3cccnc3N2)cs1. The number of nitrogens with zero attached hydrogens (tertiary/aromatic N) is 2. The van der Waals surface area contributed by atoms with Crippen molar-refractivity contribution >= 4 is 23.2 Å². The molecule has 0 aliphatic carbocycles. The molecule has 3 rings (SSSR count). The van der Waals surface area contributed by atoms with E-state index in [4.69, 9.17) is 0 Å². The molecule has 0 fully saturated rings. The van der Waals surface area contributed by atoms with Gasteiger partial charge in [0.15, 0.2) is 0 Å². The topological polar surface area (TPSA) is 37.8 Å². The highest BCUT2D eigenvalue weighted by molar-refractivity contribution is 7.09. The minimum atomic E-state index is 0.146. The zero-order valence-corrected chi connectivity index (χ0v) is 9.66. The number of pyridine rings is 1. The van der Waals surface area contributed by atoms with Crippen LogP contribution in [0.5, 0.6) is 0 Å². The Bertz CT molecular complexity index is 545. The molecular weight excluding hydrogens is 218 g/mol. The number of anilines is 1. The van der Waals surface area contributed by atoms with Crippen molar-refractivity contribution in [2.45, 2.75) is 13.0 Å². The van der Waals surface area contributed by atoms with E-state index in [1.807, 2.05) is 19.1 Å². The van der Waals surface area contributed by atoms with Gasteiger partial charge in [-0.2, -0.15) is 0 Å². The van der Waals surface area contributed by atoms with Crippen LogP contribution in [0.25, 0.3) is 6.08 Å². The quantitative estimate of drug-likeness (QED) is 0.816. The Kier molecular flexibility index (Phi) is 2.22. The summed E-state index contributed by atoms with van der Waals surface area (Å²) in [5.41, 5.74) is 2.20. The van der Waals surface area contributed by atoms with Gasteiger partial charge < -0.3 is 5.32 Å². The van der Waals surface area contributed by atoms with Gasteiger partial charge in [-0.1, -0.05) is 12.2 Å². The van der Waals surface area contributed by atoms with Crippen molar-refractivity contribution in [1.82, 2.24) is 9.97 Å². The van der Waals surface area contributed by atoms with Gasteiger partial charge in [0.2, 0.25) is 0 Å². The van der Waals surface area contributed by atoms with Gasteiger partial charge in [0, 0.05) is 17.1 Å². The van der Waals surface area contributed by atoms with E-state index >= 15 is 0 Å². The second kappa shape index (κ2) is 3.72. The minimum absolute atomic E-state index is 0.146. The van der Waals surface area contributed by atoms with Gasteiger partial charge in [-0.15, -0.1) is 11.3 Å². The lowest BCUT2D eigenvalue weighted by molar-refractivity contribution is 0.913. The second-order valence-corrected chi connectivity index (χ2v) is 4.78. The van der Waals surface area contributed by atoms with Gasteiger partial charge >= 0.3 is 0 Å². The highest BCUT2D eigenvalue weighted by Crippen LogP contribution is 2.28. The summed E-state index contributed by atoms with van der Waals surface area (Å²) in [5, 5.41) is 6.56. The van der Waals surface area contributed by atoms with Crippen LogP contribution in [-0.4, -0.2) is 9.97 Å². The van der Waals surface area contributed by atoms with Gasteiger partial charge in [-0.05, 0) is 19.1 Å². The fourth-order valence-corrected chi connectivity index (χ4v) is 2.41. The maximum atomic E-state index is 4.48. The summed E-state index contributed by atoms with van der Waals surface area (Å²) >= 11 is 1.67. The van der Waals surface area contributed by atoms with E-state index in [9.17, 15) is 0 Å². The van der Waals surface area contributed by atoms with Crippen LogP contribution in [0.1, 0.15) is 22.3 Å². The van der Waals surface area contributed by atoms with Crippen molar-refractivity contribution in [3.63, 3.8) is 0 Å². The highest BCUT2D eigenvalue weighted by Gasteiger charge is 2.16. The van der Waals surface area contributed by atoms with Crippen molar-refractivity contribution in [2.24, 2.45) is 0 Å². The minimum Gasteiger partial charge on any atom is -0.358 e. The first-order valence-electron chi connectivity index (χ1n) is 5.15. The normalized spacial score (nSPS) is 17.9. The smallest absolute Gasteiger partial charge is 0.133 e. The van der Waals surface area contributed by atoms with Crippen LogP contribution in [0.4, 0.5) is 5.82 Å². The van der Waals surface area contributed by atoms with Crippen LogP contribution < -0.4 is 5.32 Å². The molecule has 80 valence electrons.